The number of rotatable bonds is 3. The first-order chi connectivity index (χ1) is 10.9. The Morgan fingerprint density at radius 1 is 1.26 bits per heavy atom. The molecule has 8 heteroatoms. The van der Waals surface area contributed by atoms with Gasteiger partial charge < -0.3 is 5.32 Å². The van der Waals surface area contributed by atoms with Crippen molar-refractivity contribution in [3.63, 3.8) is 0 Å². The van der Waals surface area contributed by atoms with Crippen LogP contribution in [-0.4, -0.2) is 15.9 Å². The zero-order chi connectivity index (χ0) is 17.0. The molecule has 0 heterocycles. The number of non-ortho nitro benzene ring substituents is 1. The third-order valence-electron chi connectivity index (χ3n) is 3.01. The van der Waals surface area contributed by atoms with Crippen molar-refractivity contribution in [1.29, 1.82) is 0 Å². The summed E-state index contributed by atoms with van der Waals surface area (Å²) in [6, 6.07) is 11.5. The van der Waals surface area contributed by atoms with E-state index < -0.39 is 4.92 Å². The molecule has 0 aliphatic carbocycles. The summed E-state index contributed by atoms with van der Waals surface area (Å²) in [4.78, 5) is 22.4. The van der Waals surface area contributed by atoms with Crippen LogP contribution in [0.4, 0.5) is 11.4 Å². The fourth-order valence-corrected chi connectivity index (χ4v) is 2.71. The zero-order valence-corrected chi connectivity index (χ0v) is 15.0. The van der Waals surface area contributed by atoms with Crippen molar-refractivity contribution in [2.45, 2.75) is 6.92 Å². The Balaban J connectivity index is 2.07. The Morgan fingerprint density at radius 2 is 1.96 bits per heavy atom. The molecule has 2 N–H and O–H groups in total. The van der Waals surface area contributed by atoms with Gasteiger partial charge in [-0.15, -0.1) is 0 Å². The lowest BCUT2D eigenvalue weighted by Gasteiger charge is -2.12. The second-order valence-electron chi connectivity index (χ2n) is 4.64. The van der Waals surface area contributed by atoms with Gasteiger partial charge in [-0.1, -0.05) is 12.1 Å². The standard InChI is InChI=1S/C15H12IN3O3S/c1-9-8-10(19(21)22)6-7-13(9)17-15(23)18-14(20)11-4-2-3-5-12(11)16/h2-8H,1H3,(H2,17,18,20,23). The summed E-state index contributed by atoms with van der Waals surface area (Å²) in [6.45, 7) is 1.72. The molecule has 0 aromatic heterocycles. The van der Waals surface area contributed by atoms with Crippen molar-refractivity contribution in [1.82, 2.24) is 5.32 Å². The predicted molar refractivity (Wildman–Crippen MR) is 101 cm³/mol. The fourth-order valence-electron chi connectivity index (χ4n) is 1.87. The van der Waals surface area contributed by atoms with Crippen molar-refractivity contribution < 1.29 is 9.72 Å². The lowest BCUT2D eigenvalue weighted by atomic mass is 10.2. The highest BCUT2D eigenvalue weighted by Gasteiger charge is 2.12. The highest BCUT2D eigenvalue weighted by Crippen LogP contribution is 2.21. The SMILES string of the molecule is Cc1cc([N+](=O)[O-])ccc1NC(=S)NC(=O)c1ccccc1I. The number of hydrogen-bond acceptors (Lipinski definition) is 4. The van der Waals surface area contributed by atoms with Gasteiger partial charge in [-0.05, 0) is 65.5 Å². The molecular formula is C15H12IN3O3S. The molecule has 0 atom stereocenters. The summed E-state index contributed by atoms with van der Waals surface area (Å²) in [5, 5.41) is 16.3. The smallest absolute Gasteiger partial charge is 0.269 e. The number of carbonyl (C=O) groups is 1. The molecule has 6 nitrogen and oxygen atoms in total. The number of benzene rings is 2. The molecule has 2 aromatic carbocycles. The zero-order valence-electron chi connectivity index (χ0n) is 12.0. The van der Waals surface area contributed by atoms with E-state index in [-0.39, 0.29) is 16.7 Å². The van der Waals surface area contributed by atoms with E-state index in [1.54, 1.807) is 25.1 Å². The Kier molecular flexibility index (Phi) is 5.61. The predicted octanol–water partition coefficient (Wildman–Crippen LogP) is 3.63. The van der Waals surface area contributed by atoms with Crippen LogP contribution in [0.15, 0.2) is 42.5 Å². The maximum Gasteiger partial charge on any atom is 0.269 e. The van der Waals surface area contributed by atoms with Gasteiger partial charge in [0.2, 0.25) is 0 Å². The van der Waals surface area contributed by atoms with Crippen molar-refractivity contribution in [2.75, 3.05) is 5.32 Å². The van der Waals surface area contributed by atoms with E-state index >= 15 is 0 Å². The summed E-state index contributed by atoms with van der Waals surface area (Å²) in [7, 11) is 0. The van der Waals surface area contributed by atoms with Crippen LogP contribution in [-0.2, 0) is 0 Å². The molecule has 0 aliphatic heterocycles. The molecule has 0 saturated heterocycles. The fraction of sp³-hybridized carbons (Fsp3) is 0.0667. The average Bonchev–Trinajstić information content (AvgIpc) is 2.49. The van der Waals surface area contributed by atoms with Crippen LogP contribution in [0, 0.1) is 20.6 Å². The molecule has 23 heavy (non-hydrogen) atoms. The Bertz CT molecular complexity index is 795. The highest BCUT2D eigenvalue weighted by molar-refractivity contribution is 14.1. The van der Waals surface area contributed by atoms with Gasteiger partial charge in [0.15, 0.2) is 5.11 Å². The van der Waals surface area contributed by atoms with Crippen LogP contribution < -0.4 is 10.6 Å². The number of aryl methyl sites for hydroxylation is 1. The molecule has 0 radical (unpaired) electrons. The Hall–Kier alpha value is -2.07. The van der Waals surface area contributed by atoms with Gasteiger partial charge in [0.25, 0.3) is 11.6 Å². The van der Waals surface area contributed by atoms with E-state index in [0.717, 1.165) is 3.57 Å². The highest BCUT2D eigenvalue weighted by atomic mass is 127. The van der Waals surface area contributed by atoms with Crippen molar-refractivity contribution >= 4 is 57.2 Å². The van der Waals surface area contributed by atoms with Crippen LogP contribution in [0.3, 0.4) is 0 Å². The summed E-state index contributed by atoms with van der Waals surface area (Å²) < 4.78 is 0.817. The van der Waals surface area contributed by atoms with Gasteiger partial charge in [0, 0.05) is 21.4 Å². The molecule has 0 spiro atoms. The lowest BCUT2D eigenvalue weighted by Crippen LogP contribution is -2.34. The molecule has 0 unspecified atom stereocenters. The number of halogens is 1. The van der Waals surface area contributed by atoms with E-state index in [1.165, 1.54) is 12.1 Å². The van der Waals surface area contributed by atoms with Crippen molar-refractivity contribution in [3.05, 3.63) is 67.3 Å². The van der Waals surface area contributed by atoms with Gasteiger partial charge in [-0.2, -0.15) is 0 Å². The van der Waals surface area contributed by atoms with Gasteiger partial charge in [-0.3, -0.25) is 20.2 Å². The van der Waals surface area contributed by atoms with Crippen LogP contribution in [0.2, 0.25) is 0 Å². The minimum Gasteiger partial charge on any atom is -0.332 e. The summed E-state index contributed by atoms with van der Waals surface area (Å²) in [5.41, 5.74) is 1.79. The largest absolute Gasteiger partial charge is 0.332 e. The molecule has 0 aliphatic rings. The topological polar surface area (TPSA) is 84.3 Å². The maximum absolute atomic E-state index is 12.2. The Labute approximate surface area is 151 Å². The number of amides is 1. The summed E-state index contributed by atoms with van der Waals surface area (Å²) in [5.74, 6) is -0.313. The van der Waals surface area contributed by atoms with Gasteiger partial charge in [0.1, 0.15) is 0 Å². The maximum atomic E-state index is 12.2. The van der Waals surface area contributed by atoms with E-state index in [1.807, 2.05) is 12.1 Å². The van der Waals surface area contributed by atoms with Crippen molar-refractivity contribution in [2.24, 2.45) is 0 Å². The van der Waals surface area contributed by atoms with Crippen LogP contribution in [0.1, 0.15) is 15.9 Å². The average molecular weight is 441 g/mol. The number of hydrogen-bond donors (Lipinski definition) is 2. The minimum atomic E-state index is -0.464. The first-order valence-corrected chi connectivity index (χ1v) is 7.99. The minimum absolute atomic E-state index is 0.00171. The van der Waals surface area contributed by atoms with E-state index in [4.69, 9.17) is 12.2 Å². The molecule has 118 valence electrons. The molecule has 1 amide bonds. The first-order valence-electron chi connectivity index (χ1n) is 6.50. The Morgan fingerprint density at radius 3 is 2.57 bits per heavy atom. The third kappa shape index (κ3) is 4.45. The van der Waals surface area contributed by atoms with E-state index in [9.17, 15) is 14.9 Å². The van der Waals surface area contributed by atoms with E-state index in [2.05, 4.69) is 33.2 Å². The van der Waals surface area contributed by atoms with E-state index in [0.29, 0.717) is 16.8 Å². The van der Waals surface area contributed by atoms with Crippen LogP contribution >= 0.6 is 34.8 Å². The van der Waals surface area contributed by atoms with Crippen LogP contribution in [0.5, 0.6) is 0 Å². The molecule has 2 aromatic rings. The molecule has 0 fully saturated rings. The van der Waals surface area contributed by atoms with Crippen molar-refractivity contribution in [3.8, 4) is 0 Å². The monoisotopic (exact) mass is 441 g/mol. The number of thiocarbonyl (C=S) groups is 1. The second-order valence-corrected chi connectivity index (χ2v) is 6.21. The third-order valence-corrected chi connectivity index (χ3v) is 4.16. The molecule has 2 rings (SSSR count). The first kappa shape index (κ1) is 17.3. The lowest BCUT2D eigenvalue weighted by molar-refractivity contribution is -0.384. The number of nitro benzene ring substituents is 1. The van der Waals surface area contributed by atoms with Gasteiger partial charge in [-0.25, -0.2) is 0 Å². The molecule has 0 bridgehead atoms. The number of nitro groups is 1. The quantitative estimate of drug-likeness (QED) is 0.329. The van der Waals surface area contributed by atoms with Crippen LogP contribution in [0.25, 0.3) is 0 Å². The number of carbonyl (C=O) groups excluding carboxylic acids is 1. The normalized spacial score (nSPS) is 10.0. The van der Waals surface area contributed by atoms with Gasteiger partial charge >= 0.3 is 0 Å². The second kappa shape index (κ2) is 7.47. The number of nitrogens with zero attached hydrogens (tertiary/aromatic N) is 1. The summed E-state index contributed by atoms with van der Waals surface area (Å²) >= 11 is 7.19. The van der Waals surface area contributed by atoms with Gasteiger partial charge in [0.05, 0.1) is 10.5 Å². The summed E-state index contributed by atoms with van der Waals surface area (Å²) in [6.07, 6.45) is 0. The number of nitrogens with one attached hydrogen (secondary N) is 2. The molecular weight excluding hydrogens is 429 g/mol. The number of anilines is 1. The molecule has 0 saturated carbocycles.